The van der Waals surface area contributed by atoms with Crippen molar-refractivity contribution in [2.45, 2.75) is 0 Å². The van der Waals surface area contributed by atoms with E-state index in [-0.39, 0.29) is 0 Å². The fourth-order valence-electron chi connectivity index (χ4n) is 7.68. The molecule has 1 heterocycles. The molecule has 10 rings (SSSR count). The van der Waals surface area contributed by atoms with Crippen molar-refractivity contribution < 1.29 is 0 Å². The van der Waals surface area contributed by atoms with Gasteiger partial charge in [0, 0.05) is 20.2 Å². The zero-order valence-electron chi connectivity index (χ0n) is 25.6. The molecule has 0 fully saturated rings. The van der Waals surface area contributed by atoms with Crippen LogP contribution in [0.5, 0.6) is 0 Å². The van der Waals surface area contributed by atoms with Crippen molar-refractivity contribution in [3.05, 3.63) is 170 Å². The number of fused-ring (bicyclic) bond motifs is 8. The molecule has 0 aliphatic heterocycles. The van der Waals surface area contributed by atoms with Crippen LogP contribution in [-0.4, -0.2) is 0 Å². The van der Waals surface area contributed by atoms with E-state index in [0.29, 0.717) is 0 Å². The van der Waals surface area contributed by atoms with E-state index in [1.165, 1.54) is 96.6 Å². The molecule has 1 heteroatoms. The van der Waals surface area contributed by atoms with Crippen molar-refractivity contribution in [3.8, 4) is 33.4 Å². The first kappa shape index (κ1) is 26.5. The maximum absolute atomic E-state index is 2.38. The van der Waals surface area contributed by atoms with Crippen molar-refractivity contribution >= 4 is 74.6 Å². The summed E-state index contributed by atoms with van der Waals surface area (Å²) < 4.78 is 2.67. The van der Waals surface area contributed by atoms with Crippen LogP contribution >= 0.6 is 11.3 Å². The van der Waals surface area contributed by atoms with Gasteiger partial charge in [0.25, 0.3) is 0 Å². The lowest BCUT2D eigenvalue weighted by atomic mass is 9.85. The number of rotatable bonds is 3. The van der Waals surface area contributed by atoms with Crippen molar-refractivity contribution in [2.75, 3.05) is 0 Å². The summed E-state index contributed by atoms with van der Waals surface area (Å²) in [6.07, 6.45) is 0. The van der Waals surface area contributed by atoms with Gasteiger partial charge in [0.05, 0.1) is 0 Å². The second-order valence-corrected chi connectivity index (χ2v) is 13.5. The Hall–Kier alpha value is -5.76. The third-order valence-electron chi connectivity index (χ3n) is 9.82. The highest BCUT2D eigenvalue weighted by Gasteiger charge is 2.17. The fraction of sp³-hybridized carbons (Fsp3) is 0. The van der Waals surface area contributed by atoms with Crippen LogP contribution in [0.2, 0.25) is 0 Å². The molecule has 0 bridgehead atoms. The number of hydrogen-bond donors (Lipinski definition) is 0. The minimum Gasteiger partial charge on any atom is -0.135 e. The molecule has 0 aliphatic rings. The maximum Gasteiger partial charge on any atom is 0.0361 e. The number of benzene rings is 9. The van der Waals surface area contributed by atoms with Crippen LogP contribution in [0.25, 0.3) is 96.6 Å². The summed E-state index contributed by atoms with van der Waals surface area (Å²) in [4.78, 5) is 0. The molecule has 0 unspecified atom stereocenters. The third kappa shape index (κ3) is 4.14. The Morgan fingerprint density at radius 1 is 0.277 bits per heavy atom. The van der Waals surface area contributed by atoms with Crippen molar-refractivity contribution in [2.24, 2.45) is 0 Å². The van der Waals surface area contributed by atoms with Crippen molar-refractivity contribution in [1.82, 2.24) is 0 Å². The topological polar surface area (TPSA) is 0 Å². The molecule has 0 saturated carbocycles. The molecule has 1 aromatic heterocycles. The molecule has 0 nitrogen and oxygen atoms in total. The molecule has 9 aromatic carbocycles. The van der Waals surface area contributed by atoms with Crippen LogP contribution in [0.1, 0.15) is 0 Å². The zero-order chi connectivity index (χ0) is 30.9. The van der Waals surface area contributed by atoms with Crippen LogP contribution in [0, 0.1) is 0 Å². The minimum absolute atomic E-state index is 1.23. The summed E-state index contributed by atoms with van der Waals surface area (Å²) in [5.41, 5.74) is 7.56. The van der Waals surface area contributed by atoms with Gasteiger partial charge in [0.15, 0.2) is 0 Å². The zero-order valence-corrected chi connectivity index (χ0v) is 26.4. The fourth-order valence-corrected chi connectivity index (χ4v) is 8.84. The first-order valence-corrected chi connectivity index (χ1v) is 17.0. The van der Waals surface area contributed by atoms with Gasteiger partial charge in [-0.3, -0.25) is 0 Å². The Bertz CT molecular complexity index is 2800. The highest BCUT2D eigenvalue weighted by Crippen LogP contribution is 2.45. The Balaban J connectivity index is 1.17. The third-order valence-corrected chi connectivity index (χ3v) is 10.9. The average molecular weight is 613 g/mol. The van der Waals surface area contributed by atoms with E-state index in [1.54, 1.807) is 0 Å². The molecule has 47 heavy (non-hydrogen) atoms. The Morgan fingerprint density at radius 2 is 0.809 bits per heavy atom. The summed E-state index contributed by atoms with van der Waals surface area (Å²) in [5, 5.41) is 13.0. The molecule has 0 aliphatic carbocycles. The van der Waals surface area contributed by atoms with Gasteiger partial charge in [0.1, 0.15) is 0 Å². The van der Waals surface area contributed by atoms with Gasteiger partial charge in [-0.2, -0.15) is 0 Å². The largest absolute Gasteiger partial charge is 0.135 e. The second-order valence-electron chi connectivity index (χ2n) is 12.5. The Kier molecular flexibility index (Phi) is 5.85. The summed E-state index contributed by atoms with van der Waals surface area (Å²) in [7, 11) is 0. The van der Waals surface area contributed by atoms with E-state index >= 15 is 0 Å². The molecule has 0 atom stereocenters. The second kappa shape index (κ2) is 10.4. The molecule has 218 valence electrons. The molecule has 0 radical (unpaired) electrons. The monoisotopic (exact) mass is 612 g/mol. The lowest BCUT2D eigenvalue weighted by Crippen LogP contribution is -1.91. The first-order valence-electron chi connectivity index (χ1n) is 16.2. The van der Waals surface area contributed by atoms with Crippen LogP contribution in [0.3, 0.4) is 0 Å². The molecular formula is C46H28S. The molecule has 0 saturated heterocycles. The Morgan fingerprint density at radius 3 is 1.53 bits per heavy atom. The van der Waals surface area contributed by atoms with E-state index in [4.69, 9.17) is 0 Å². The van der Waals surface area contributed by atoms with Gasteiger partial charge in [-0.05, 0) is 101 Å². The summed E-state index contributed by atoms with van der Waals surface area (Å²) >= 11 is 1.89. The van der Waals surface area contributed by atoms with Crippen molar-refractivity contribution in [3.63, 3.8) is 0 Å². The van der Waals surface area contributed by atoms with Crippen molar-refractivity contribution in [1.29, 1.82) is 0 Å². The number of hydrogen-bond acceptors (Lipinski definition) is 1. The minimum atomic E-state index is 1.23. The predicted octanol–water partition coefficient (Wildman–Crippen LogP) is 13.7. The van der Waals surface area contributed by atoms with E-state index in [2.05, 4.69) is 170 Å². The van der Waals surface area contributed by atoms with Gasteiger partial charge in [-0.25, -0.2) is 0 Å². The molecular weight excluding hydrogens is 585 g/mol. The average Bonchev–Trinajstić information content (AvgIpc) is 3.52. The van der Waals surface area contributed by atoms with E-state index in [1.807, 2.05) is 11.3 Å². The van der Waals surface area contributed by atoms with Gasteiger partial charge in [0.2, 0.25) is 0 Å². The Labute approximate surface area is 276 Å². The molecule has 0 amide bonds. The van der Waals surface area contributed by atoms with Gasteiger partial charge in [-0.1, -0.05) is 146 Å². The standard InChI is InChI=1S/C46H28S/c1-2-12-31-26-35(21-20-29(31)10-1)45-39-18-7-5-16-37(39)44(38-17-6-8-19-40(38)45)34-14-9-13-32(27-34)33-22-24-41-43(28-33)47-42-25-23-30-11-3-4-15-36(30)46(41)42/h1-28H. The summed E-state index contributed by atoms with van der Waals surface area (Å²) in [5.74, 6) is 0. The first-order chi connectivity index (χ1) is 23.3. The number of thiophene rings is 1. The van der Waals surface area contributed by atoms with Gasteiger partial charge >= 0.3 is 0 Å². The molecule has 0 N–H and O–H groups in total. The van der Waals surface area contributed by atoms with Crippen LogP contribution in [0.4, 0.5) is 0 Å². The van der Waals surface area contributed by atoms with E-state index in [0.717, 1.165) is 0 Å². The van der Waals surface area contributed by atoms with E-state index in [9.17, 15) is 0 Å². The molecule has 0 spiro atoms. The quantitative estimate of drug-likeness (QED) is 0.174. The van der Waals surface area contributed by atoms with Gasteiger partial charge in [-0.15, -0.1) is 11.3 Å². The summed E-state index contributed by atoms with van der Waals surface area (Å²) in [6, 6.07) is 62.8. The highest BCUT2D eigenvalue weighted by atomic mass is 32.1. The predicted molar refractivity (Wildman–Crippen MR) is 206 cm³/mol. The normalized spacial score (nSPS) is 11.8. The summed E-state index contributed by atoms with van der Waals surface area (Å²) in [6.45, 7) is 0. The van der Waals surface area contributed by atoms with Crippen LogP contribution in [0.15, 0.2) is 170 Å². The highest BCUT2D eigenvalue weighted by molar-refractivity contribution is 7.26. The van der Waals surface area contributed by atoms with E-state index < -0.39 is 0 Å². The lowest BCUT2D eigenvalue weighted by Gasteiger charge is -2.18. The van der Waals surface area contributed by atoms with Gasteiger partial charge < -0.3 is 0 Å². The smallest absolute Gasteiger partial charge is 0.0361 e. The SMILES string of the molecule is c1cc(-c2ccc3c(c2)sc2ccc4ccccc4c23)cc(-c2c3ccccc3c(-c3ccc4ccccc4c3)c3ccccc23)c1. The maximum atomic E-state index is 2.38. The van der Waals surface area contributed by atoms with Crippen LogP contribution < -0.4 is 0 Å². The lowest BCUT2D eigenvalue weighted by molar-refractivity contribution is 1.63. The molecule has 10 aromatic rings. The van der Waals surface area contributed by atoms with Crippen LogP contribution in [-0.2, 0) is 0 Å².